The van der Waals surface area contributed by atoms with Crippen molar-refractivity contribution in [1.29, 1.82) is 0 Å². The maximum absolute atomic E-state index is 13.5. The number of nitrogens with zero attached hydrogens (tertiary/aromatic N) is 3. The van der Waals surface area contributed by atoms with Crippen molar-refractivity contribution >= 4 is 23.4 Å². The van der Waals surface area contributed by atoms with Crippen LogP contribution in [0.2, 0.25) is 0 Å². The van der Waals surface area contributed by atoms with E-state index in [-0.39, 0.29) is 5.69 Å². The van der Waals surface area contributed by atoms with Crippen LogP contribution >= 0.6 is 11.8 Å². The number of aryl methyl sites for hydroxylation is 1. The number of furan rings is 1. The third-order valence-electron chi connectivity index (χ3n) is 5.77. The van der Waals surface area contributed by atoms with Crippen molar-refractivity contribution in [2.24, 2.45) is 0 Å². The highest BCUT2D eigenvalue weighted by atomic mass is 32.2. The van der Waals surface area contributed by atoms with E-state index >= 15 is 0 Å². The number of nitrogens with one attached hydrogen (secondary N) is 1. The molecular weight excluding hydrogens is 513 g/mol. The van der Waals surface area contributed by atoms with E-state index in [0.29, 0.717) is 22.3 Å². The van der Waals surface area contributed by atoms with Crippen molar-refractivity contribution in [3.8, 4) is 17.1 Å². The van der Waals surface area contributed by atoms with E-state index < -0.39 is 22.9 Å². The molecule has 3 aromatic carbocycles. The van der Waals surface area contributed by atoms with Gasteiger partial charge in [0.25, 0.3) is 0 Å². The highest BCUT2D eigenvalue weighted by Gasteiger charge is 2.31. The van der Waals surface area contributed by atoms with Gasteiger partial charge in [-0.2, -0.15) is 13.2 Å². The third-order valence-corrected chi connectivity index (χ3v) is 6.97. The summed E-state index contributed by atoms with van der Waals surface area (Å²) < 4.78 is 47.0. The summed E-state index contributed by atoms with van der Waals surface area (Å²) >= 11 is 1.15. The standard InChI is InChI=1S/C28H21F3N4O2S/c1-18-23(15-16-37-18)25-33-34-27(35(25)22-13-6-3-7-14-22)38-24(19-9-4-2-5-10-19)26(36)32-21-12-8-11-20(17-21)28(29,30)31/h2-17,24H,1H3,(H,32,36). The molecule has 0 bridgehead atoms. The molecule has 2 heterocycles. The SMILES string of the molecule is Cc1occc1-c1nnc(SC(C(=O)Nc2cccc(C(F)(F)F)c2)c2ccccc2)n1-c1ccccc1. The molecule has 0 aliphatic rings. The van der Waals surface area contributed by atoms with Gasteiger partial charge in [-0.3, -0.25) is 9.36 Å². The van der Waals surface area contributed by atoms with Crippen LogP contribution in [0.5, 0.6) is 0 Å². The largest absolute Gasteiger partial charge is 0.469 e. The average molecular weight is 535 g/mol. The number of anilines is 1. The van der Waals surface area contributed by atoms with E-state index in [2.05, 4.69) is 15.5 Å². The van der Waals surface area contributed by atoms with Crippen LogP contribution in [0.1, 0.15) is 22.1 Å². The highest BCUT2D eigenvalue weighted by molar-refractivity contribution is 8.00. The third kappa shape index (κ3) is 5.35. The Labute approximate surface area is 220 Å². The van der Waals surface area contributed by atoms with Crippen molar-refractivity contribution < 1.29 is 22.4 Å². The molecule has 0 fully saturated rings. The fraction of sp³-hybridized carbons (Fsp3) is 0.107. The zero-order chi connectivity index (χ0) is 26.7. The van der Waals surface area contributed by atoms with Gasteiger partial charge >= 0.3 is 6.18 Å². The summed E-state index contributed by atoms with van der Waals surface area (Å²) in [7, 11) is 0. The van der Waals surface area contributed by atoms with E-state index in [0.717, 1.165) is 35.1 Å². The lowest BCUT2D eigenvalue weighted by molar-refractivity contribution is -0.137. The van der Waals surface area contributed by atoms with Crippen LogP contribution in [-0.4, -0.2) is 20.7 Å². The number of amides is 1. The Balaban J connectivity index is 1.54. The highest BCUT2D eigenvalue weighted by Crippen LogP contribution is 2.39. The van der Waals surface area contributed by atoms with Crippen LogP contribution in [-0.2, 0) is 11.0 Å². The fourth-order valence-corrected chi connectivity index (χ4v) is 4.99. The quantitative estimate of drug-likeness (QED) is 0.221. The summed E-state index contributed by atoms with van der Waals surface area (Å²) in [4.78, 5) is 13.5. The lowest BCUT2D eigenvalue weighted by Gasteiger charge is -2.18. The summed E-state index contributed by atoms with van der Waals surface area (Å²) in [5.41, 5.74) is 1.39. The first-order valence-electron chi connectivity index (χ1n) is 11.6. The first kappa shape index (κ1) is 25.3. The number of hydrogen-bond donors (Lipinski definition) is 1. The Morgan fingerprint density at radius 1 is 0.947 bits per heavy atom. The van der Waals surface area contributed by atoms with E-state index in [1.165, 1.54) is 12.1 Å². The minimum Gasteiger partial charge on any atom is -0.469 e. The number of carbonyl (C=O) groups is 1. The lowest BCUT2D eigenvalue weighted by atomic mass is 10.1. The molecule has 0 saturated carbocycles. The summed E-state index contributed by atoms with van der Waals surface area (Å²) in [6.45, 7) is 1.82. The normalized spacial score (nSPS) is 12.3. The van der Waals surface area contributed by atoms with Gasteiger partial charge in [0.15, 0.2) is 11.0 Å². The summed E-state index contributed by atoms with van der Waals surface area (Å²) in [6, 6.07) is 24.8. The number of aromatic nitrogens is 3. The Kier molecular flexibility index (Phi) is 7.06. The van der Waals surface area contributed by atoms with Crippen molar-refractivity contribution in [1.82, 2.24) is 14.8 Å². The topological polar surface area (TPSA) is 72.9 Å². The Morgan fingerprint density at radius 2 is 1.66 bits per heavy atom. The Bertz CT molecular complexity index is 1550. The van der Waals surface area contributed by atoms with E-state index in [9.17, 15) is 18.0 Å². The molecular formula is C28H21F3N4O2S. The summed E-state index contributed by atoms with van der Waals surface area (Å²) in [5, 5.41) is 11.0. The number of benzene rings is 3. The predicted octanol–water partition coefficient (Wildman–Crippen LogP) is 7.33. The number of alkyl halides is 3. The molecule has 0 aliphatic carbocycles. The van der Waals surface area contributed by atoms with E-state index in [4.69, 9.17) is 4.42 Å². The molecule has 2 aromatic heterocycles. The van der Waals surface area contributed by atoms with Gasteiger partial charge in [0.05, 0.1) is 17.4 Å². The Morgan fingerprint density at radius 3 is 2.32 bits per heavy atom. The van der Waals surface area contributed by atoms with E-state index in [1.807, 2.05) is 47.9 Å². The molecule has 38 heavy (non-hydrogen) atoms. The molecule has 0 radical (unpaired) electrons. The molecule has 0 aliphatic heterocycles. The van der Waals surface area contributed by atoms with Crippen LogP contribution in [0, 0.1) is 6.92 Å². The van der Waals surface area contributed by atoms with E-state index in [1.54, 1.807) is 36.6 Å². The van der Waals surface area contributed by atoms with Gasteiger partial charge in [-0.05, 0) is 48.9 Å². The molecule has 1 N–H and O–H groups in total. The average Bonchev–Trinajstić information content (AvgIpc) is 3.53. The number of rotatable bonds is 7. The molecule has 0 spiro atoms. The smallest absolute Gasteiger partial charge is 0.416 e. The van der Waals surface area contributed by atoms with Crippen molar-refractivity contribution in [3.63, 3.8) is 0 Å². The second-order valence-corrected chi connectivity index (χ2v) is 9.42. The minimum atomic E-state index is -4.53. The zero-order valence-electron chi connectivity index (χ0n) is 20.0. The van der Waals surface area contributed by atoms with Gasteiger partial charge in [-0.15, -0.1) is 10.2 Å². The number of para-hydroxylation sites is 1. The van der Waals surface area contributed by atoms with Crippen LogP contribution in [0.3, 0.4) is 0 Å². The first-order valence-corrected chi connectivity index (χ1v) is 12.4. The molecule has 10 heteroatoms. The zero-order valence-corrected chi connectivity index (χ0v) is 20.8. The van der Waals surface area contributed by atoms with Crippen LogP contribution in [0.15, 0.2) is 107 Å². The van der Waals surface area contributed by atoms with Gasteiger partial charge in [0.1, 0.15) is 11.0 Å². The van der Waals surface area contributed by atoms with Crippen molar-refractivity contribution in [2.75, 3.05) is 5.32 Å². The van der Waals surface area contributed by atoms with Crippen molar-refractivity contribution in [2.45, 2.75) is 23.5 Å². The first-order chi connectivity index (χ1) is 18.3. The molecule has 1 atom stereocenters. The maximum atomic E-state index is 13.5. The summed E-state index contributed by atoms with van der Waals surface area (Å²) in [6.07, 6.45) is -2.96. The van der Waals surface area contributed by atoms with Gasteiger partial charge in [-0.1, -0.05) is 66.4 Å². The van der Waals surface area contributed by atoms with Crippen LogP contribution in [0.25, 0.3) is 17.1 Å². The Hall–Kier alpha value is -4.31. The molecule has 5 rings (SSSR count). The van der Waals surface area contributed by atoms with Gasteiger partial charge < -0.3 is 9.73 Å². The molecule has 1 unspecified atom stereocenters. The maximum Gasteiger partial charge on any atom is 0.416 e. The van der Waals surface area contributed by atoms with Gasteiger partial charge in [-0.25, -0.2) is 0 Å². The number of thioether (sulfide) groups is 1. The summed E-state index contributed by atoms with van der Waals surface area (Å²) in [5.74, 6) is 0.701. The molecule has 192 valence electrons. The van der Waals surface area contributed by atoms with Gasteiger partial charge in [0, 0.05) is 11.4 Å². The second kappa shape index (κ2) is 10.6. The van der Waals surface area contributed by atoms with Crippen molar-refractivity contribution in [3.05, 3.63) is 114 Å². The van der Waals surface area contributed by atoms with Crippen LogP contribution in [0.4, 0.5) is 18.9 Å². The fourth-order valence-electron chi connectivity index (χ4n) is 3.93. The number of carbonyl (C=O) groups excluding carboxylic acids is 1. The minimum absolute atomic E-state index is 0.0468. The second-order valence-electron chi connectivity index (χ2n) is 8.34. The molecule has 1 amide bonds. The predicted molar refractivity (Wildman–Crippen MR) is 139 cm³/mol. The number of halogens is 3. The monoisotopic (exact) mass is 534 g/mol. The molecule has 5 aromatic rings. The molecule has 6 nitrogen and oxygen atoms in total. The van der Waals surface area contributed by atoms with Crippen LogP contribution < -0.4 is 5.32 Å². The van der Waals surface area contributed by atoms with Gasteiger partial charge in [0.2, 0.25) is 5.91 Å². The lowest BCUT2D eigenvalue weighted by Crippen LogP contribution is -2.20. The molecule has 0 saturated heterocycles. The number of hydrogen-bond acceptors (Lipinski definition) is 5.